The zero-order valence-electron chi connectivity index (χ0n) is 20.2. The van der Waals surface area contributed by atoms with Gasteiger partial charge < -0.3 is 15.0 Å². The van der Waals surface area contributed by atoms with Crippen LogP contribution < -0.4 is 10.1 Å². The Kier molecular flexibility index (Phi) is 9.19. The van der Waals surface area contributed by atoms with Gasteiger partial charge in [-0.1, -0.05) is 31.2 Å². The Morgan fingerprint density at radius 2 is 1.47 bits per heavy atom. The monoisotopic (exact) mass is 512 g/mol. The molecular formula is C27H29FN2O5S. The Hall–Kier alpha value is -3.72. The van der Waals surface area contributed by atoms with E-state index in [2.05, 4.69) is 5.32 Å². The van der Waals surface area contributed by atoms with Crippen LogP contribution >= 0.6 is 0 Å². The van der Waals surface area contributed by atoms with Gasteiger partial charge in [-0.2, -0.15) is 0 Å². The molecule has 0 spiro atoms. The number of ether oxygens (including phenoxy) is 1. The van der Waals surface area contributed by atoms with E-state index in [0.717, 1.165) is 11.1 Å². The highest BCUT2D eigenvalue weighted by atomic mass is 32.2. The van der Waals surface area contributed by atoms with Crippen molar-refractivity contribution in [3.63, 3.8) is 0 Å². The van der Waals surface area contributed by atoms with Gasteiger partial charge in [-0.15, -0.1) is 0 Å². The molecule has 1 N–H and O–H groups in total. The van der Waals surface area contributed by atoms with Crippen LogP contribution in [0.4, 0.5) is 4.39 Å². The molecule has 0 unspecified atom stereocenters. The summed E-state index contributed by atoms with van der Waals surface area (Å²) in [5.41, 5.74) is 2.31. The van der Waals surface area contributed by atoms with E-state index in [1.54, 1.807) is 62.6 Å². The number of hydrogen-bond acceptors (Lipinski definition) is 5. The second-order valence-corrected chi connectivity index (χ2v) is 10.3. The summed E-state index contributed by atoms with van der Waals surface area (Å²) in [5, 5.41) is 2.78. The van der Waals surface area contributed by atoms with Crippen LogP contribution in [0.1, 0.15) is 38.8 Å². The molecule has 3 aromatic rings. The Morgan fingerprint density at radius 1 is 0.889 bits per heavy atom. The van der Waals surface area contributed by atoms with Crippen LogP contribution in [0.2, 0.25) is 0 Å². The molecule has 0 saturated carbocycles. The Balaban J connectivity index is 1.61. The predicted molar refractivity (Wildman–Crippen MR) is 135 cm³/mol. The maximum Gasteiger partial charge on any atom is 0.254 e. The van der Waals surface area contributed by atoms with Crippen molar-refractivity contribution >= 4 is 21.7 Å². The molecule has 0 heterocycles. The number of halogens is 1. The van der Waals surface area contributed by atoms with Crippen LogP contribution in [0.15, 0.2) is 77.7 Å². The van der Waals surface area contributed by atoms with E-state index in [1.165, 1.54) is 17.0 Å². The lowest BCUT2D eigenvalue weighted by Crippen LogP contribution is -2.32. The molecule has 2 amide bonds. The molecule has 7 nitrogen and oxygen atoms in total. The summed E-state index contributed by atoms with van der Waals surface area (Å²) in [6, 6.07) is 19.7. The summed E-state index contributed by atoms with van der Waals surface area (Å²) < 4.78 is 42.1. The number of nitrogens with one attached hydrogen (secondary N) is 1. The first-order chi connectivity index (χ1) is 17.3. The zero-order valence-corrected chi connectivity index (χ0v) is 21.1. The Morgan fingerprint density at radius 3 is 2.03 bits per heavy atom. The summed E-state index contributed by atoms with van der Waals surface area (Å²) in [7, 11) is -1.71. The SMILES string of the molecule is CCS(=O)(=O)c1ccc(CNC(=O)c2ccc(C(=O)N(CCF)Cc3ccc(OC)cc3)cc2)cc1. The fraction of sp³-hybridized carbons (Fsp3) is 0.259. The van der Waals surface area contributed by atoms with Gasteiger partial charge in [0.25, 0.3) is 11.8 Å². The van der Waals surface area contributed by atoms with Gasteiger partial charge in [0.1, 0.15) is 12.4 Å². The number of amides is 2. The van der Waals surface area contributed by atoms with Gasteiger partial charge in [0.15, 0.2) is 9.84 Å². The number of alkyl halides is 1. The number of rotatable bonds is 11. The Labute approximate surface area is 210 Å². The van der Waals surface area contributed by atoms with Crippen LogP contribution in [0, 0.1) is 0 Å². The van der Waals surface area contributed by atoms with E-state index in [9.17, 15) is 22.4 Å². The van der Waals surface area contributed by atoms with E-state index in [1.807, 2.05) is 12.1 Å². The molecular weight excluding hydrogens is 483 g/mol. The third-order valence-electron chi connectivity index (χ3n) is 5.68. The molecule has 36 heavy (non-hydrogen) atoms. The van der Waals surface area contributed by atoms with Crippen molar-refractivity contribution in [2.45, 2.75) is 24.9 Å². The molecule has 190 valence electrons. The molecule has 0 aliphatic carbocycles. The number of carbonyl (C=O) groups is 2. The number of hydrogen-bond donors (Lipinski definition) is 1. The van der Waals surface area contributed by atoms with Crippen molar-refractivity contribution in [2.24, 2.45) is 0 Å². The van der Waals surface area contributed by atoms with Gasteiger partial charge >= 0.3 is 0 Å². The number of nitrogens with zero attached hydrogens (tertiary/aromatic N) is 1. The quantitative estimate of drug-likeness (QED) is 0.419. The topological polar surface area (TPSA) is 92.8 Å². The predicted octanol–water partition coefficient (Wildman–Crippen LogP) is 4.03. The first-order valence-corrected chi connectivity index (χ1v) is 13.1. The van der Waals surface area contributed by atoms with Crippen molar-refractivity contribution in [2.75, 3.05) is 26.1 Å². The lowest BCUT2D eigenvalue weighted by Gasteiger charge is -2.22. The highest BCUT2D eigenvalue weighted by Crippen LogP contribution is 2.16. The molecule has 0 radical (unpaired) electrons. The average molecular weight is 513 g/mol. The summed E-state index contributed by atoms with van der Waals surface area (Å²) >= 11 is 0. The number of methoxy groups -OCH3 is 1. The molecule has 3 aromatic carbocycles. The standard InChI is InChI=1S/C27H29FN2O5S/c1-3-36(33,34)25-14-6-20(7-15-25)18-29-26(31)22-8-10-23(11-9-22)27(32)30(17-16-28)19-21-4-12-24(35-2)13-5-21/h4-15H,3,16-19H2,1-2H3,(H,29,31). The second-order valence-electron chi connectivity index (χ2n) is 8.07. The maximum absolute atomic E-state index is 13.1. The third kappa shape index (κ3) is 6.91. The fourth-order valence-electron chi connectivity index (χ4n) is 3.52. The van der Waals surface area contributed by atoms with Gasteiger partial charge in [-0.3, -0.25) is 9.59 Å². The minimum Gasteiger partial charge on any atom is -0.497 e. The molecule has 0 bridgehead atoms. The number of sulfone groups is 1. The van der Waals surface area contributed by atoms with Crippen LogP contribution in [0.5, 0.6) is 5.75 Å². The van der Waals surface area contributed by atoms with E-state index >= 15 is 0 Å². The minimum absolute atomic E-state index is 0.0224. The van der Waals surface area contributed by atoms with Crippen molar-refractivity contribution < 1.29 is 27.1 Å². The van der Waals surface area contributed by atoms with Gasteiger partial charge in [-0.25, -0.2) is 12.8 Å². The minimum atomic E-state index is -3.28. The molecule has 9 heteroatoms. The van der Waals surface area contributed by atoms with E-state index < -0.39 is 16.5 Å². The van der Waals surface area contributed by atoms with Crippen molar-refractivity contribution in [3.05, 3.63) is 95.1 Å². The smallest absolute Gasteiger partial charge is 0.254 e. The van der Waals surface area contributed by atoms with Gasteiger partial charge in [0, 0.05) is 30.8 Å². The molecule has 0 saturated heterocycles. The summed E-state index contributed by atoms with van der Waals surface area (Å²) in [6.07, 6.45) is 0. The highest BCUT2D eigenvalue weighted by Gasteiger charge is 2.17. The lowest BCUT2D eigenvalue weighted by molar-refractivity contribution is 0.0731. The molecule has 3 rings (SSSR count). The normalized spacial score (nSPS) is 11.1. The lowest BCUT2D eigenvalue weighted by atomic mass is 10.1. The van der Waals surface area contributed by atoms with Crippen LogP contribution in [-0.4, -0.2) is 51.2 Å². The Bertz CT molecular complexity index is 1280. The van der Waals surface area contributed by atoms with Gasteiger partial charge in [0.2, 0.25) is 0 Å². The first-order valence-electron chi connectivity index (χ1n) is 11.5. The first kappa shape index (κ1) is 26.9. The molecule has 0 aliphatic heterocycles. The van der Waals surface area contributed by atoms with Gasteiger partial charge in [0.05, 0.1) is 17.8 Å². The molecule has 0 aromatic heterocycles. The van der Waals surface area contributed by atoms with Gasteiger partial charge in [-0.05, 0) is 59.7 Å². The highest BCUT2D eigenvalue weighted by molar-refractivity contribution is 7.91. The summed E-state index contributed by atoms with van der Waals surface area (Å²) in [6.45, 7) is 1.33. The van der Waals surface area contributed by atoms with E-state index in [-0.39, 0.29) is 42.1 Å². The average Bonchev–Trinajstić information content (AvgIpc) is 2.91. The molecule has 0 fully saturated rings. The largest absolute Gasteiger partial charge is 0.497 e. The second kappa shape index (κ2) is 12.3. The molecule has 0 atom stereocenters. The van der Waals surface area contributed by atoms with E-state index in [4.69, 9.17) is 4.74 Å². The fourth-order valence-corrected chi connectivity index (χ4v) is 4.40. The third-order valence-corrected chi connectivity index (χ3v) is 7.43. The van der Waals surface area contributed by atoms with Crippen molar-refractivity contribution in [1.82, 2.24) is 10.2 Å². The zero-order chi connectivity index (χ0) is 26.1. The van der Waals surface area contributed by atoms with Crippen molar-refractivity contribution in [1.29, 1.82) is 0 Å². The number of benzene rings is 3. The van der Waals surface area contributed by atoms with Crippen LogP contribution in [0.3, 0.4) is 0 Å². The summed E-state index contributed by atoms with van der Waals surface area (Å²) in [5.74, 6) is 0.0438. The summed E-state index contributed by atoms with van der Waals surface area (Å²) in [4.78, 5) is 27.2. The van der Waals surface area contributed by atoms with Crippen LogP contribution in [0.25, 0.3) is 0 Å². The van der Waals surface area contributed by atoms with Crippen molar-refractivity contribution in [3.8, 4) is 5.75 Å². The van der Waals surface area contributed by atoms with E-state index in [0.29, 0.717) is 16.9 Å². The maximum atomic E-state index is 13.1. The number of carbonyl (C=O) groups excluding carboxylic acids is 2. The molecule has 0 aliphatic rings. The van der Waals surface area contributed by atoms with Crippen LogP contribution in [-0.2, 0) is 22.9 Å².